The van der Waals surface area contributed by atoms with Crippen LogP contribution in [0.15, 0.2) is 0 Å². The van der Waals surface area contributed by atoms with Gasteiger partial charge in [0.15, 0.2) is 0 Å². The van der Waals surface area contributed by atoms with E-state index in [2.05, 4.69) is 4.90 Å². The van der Waals surface area contributed by atoms with Gasteiger partial charge in [-0.3, -0.25) is 4.79 Å². The summed E-state index contributed by atoms with van der Waals surface area (Å²) in [6.07, 6.45) is 6.78. The fraction of sp³-hybridized carbons (Fsp3) is 0.941. The Kier molecular flexibility index (Phi) is 4.55. The highest BCUT2D eigenvalue weighted by molar-refractivity contribution is 5.73. The molecule has 2 saturated heterocycles. The van der Waals surface area contributed by atoms with E-state index in [1.165, 1.54) is 51.7 Å². The highest BCUT2D eigenvalue weighted by atomic mass is 16.5. The molecule has 4 heteroatoms. The van der Waals surface area contributed by atoms with Gasteiger partial charge in [0, 0.05) is 39.6 Å². The van der Waals surface area contributed by atoms with Crippen LogP contribution in [0.25, 0.3) is 0 Å². The third-order valence-electron chi connectivity index (χ3n) is 6.22. The average Bonchev–Trinajstić information content (AvgIpc) is 2.76. The number of carbonyl (C=O) groups excluding carboxylic acids is 1. The molecule has 1 spiro atoms. The topological polar surface area (TPSA) is 32.8 Å². The molecule has 1 amide bonds. The molecule has 0 bridgehead atoms. The summed E-state index contributed by atoms with van der Waals surface area (Å²) in [7, 11) is 1.79. The summed E-state index contributed by atoms with van der Waals surface area (Å²) in [5.41, 5.74) is 0.317. The minimum absolute atomic E-state index is 0.227. The van der Waals surface area contributed by atoms with Crippen LogP contribution in [0.5, 0.6) is 0 Å². The highest BCUT2D eigenvalue weighted by Gasteiger charge is 2.48. The van der Waals surface area contributed by atoms with Crippen LogP contribution < -0.4 is 0 Å². The molecule has 0 N–H and O–H groups in total. The molecule has 0 unspecified atom stereocenters. The summed E-state index contributed by atoms with van der Waals surface area (Å²) in [5.74, 6) is 1.72. The lowest BCUT2D eigenvalue weighted by molar-refractivity contribution is -0.128. The molecule has 0 aromatic heterocycles. The number of methoxy groups -OCH3 is 1. The molecule has 21 heavy (non-hydrogen) atoms. The minimum Gasteiger partial charge on any atom is -0.384 e. The molecule has 3 rings (SSSR count). The van der Waals surface area contributed by atoms with E-state index < -0.39 is 0 Å². The number of amides is 1. The fourth-order valence-electron chi connectivity index (χ4n) is 4.49. The zero-order valence-corrected chi connectivity index (χ0v) is 13.6. The molecule has 3 aliphatic rings. The van der Waals surface area contributed by atoms with Crippen molar-refractivity contribution in [1.82, 2.24) is 9.80 Å². The summed E-state index contributed by atoms with van der Waals surface area (Å²) < 4.78 is 5.45. The predicted molar refractivity (Wildman–Crippen MR) is 83.1 cm³/mol. The maximum Gasteiger partial charge on any atom is 0.219 e. The van der Waals surface area contributed by atoms with Crippen LogP contribution in [-0.4, -0.2) is 62.1 Å². The molecule has 1 atom stereocenters. The largest absolute Gasteiger partial charge is 0.384 e. The average molecular weight is 294 g/mol. The lowest BCUT2D eigenvalue weighted by atomic mass is 9.71. The molecule has 1 saturated carbocycles. The van der Waals surface area contributed by atoms with Crippen molar-refractivity contribution in [1.29, 1.82) is 0 Å². The number of rotatable bonds is 4. The van der Waals surface area contributed by atoms with Crippen molar-refractivity contribution in [3.8, 4) is 0 Å². The van der Waals surface area contributed by atoms with Crippen LogP contribution in [0.1, 0.15) is 39.0 Å². The van der Waals surface area contributed by atoms with Crippen LogP contribution >= 0.6 is 0 Å². The molecule has 0 aromatic carbocycles. The van der Waals surface area contributed by atoms with Crippen LogP contribution in [0.3, 0.4) is 0 Å². The molecule has 2 heterocycles. The van der Waals surface area contributed by atoms with Gasteiger partial charge in [-0.25, -0.2) is 0 Å². The van der Waals surface area contributed by atoms with E-state index in [-0.39, 0.29) is 5.91 Å². The van der Waals surface area contributed by atoms with E-state index in [0.29, 0.717) is 11.3 Å². The van der Waals surface area contributed by atoms with Gasteiger partial charge >= 0.3 is 0 Å². The van der Waals surface area contributed by atoms with Gasteiger partial charge in [0.2, 0.25) is 5.91 Å². The van der Waals surface area contributed by atoms with Crippen molar-refractivity contribution in [3.05, 3.63) is 0 Å². The minimum atomic E-state index is 0.227. The summed E-state index contributed by atoms with van der Waals surface area (Å²) in [6.45, 7) is 8.08. The van der Waals surface area contributed by atoms with Crippen LogP contribution in [-0.2, 0) is 9.53 Å². The number of piperidine rings is 1. The Morgan fingerprint density at radius 1 is 1.29 bits per heavy atom. The van der Waals surface area contributed by atoms with Crippen molar-refractivity contribution in [2.45, 2.75) is 39.0 Å². The SMILES string of the molecule is COC[C@H]1CN(C(C)=O)CC12CCN(CC1CCC1)CC2. The first-order valence-corrected chi connectivity index (χ1v) is 8.60. The van der Waals surface area contributed by atoms with E-state index in [4.69, 9.17) is 4.74 Å². The zero-order valence-electron chi connectivity index (χ0n) is 13.6. The Bertz CT molecular complexity index is 373. The van der Waals surface area contributed by atoms with Crippen LogP contribution in [0, 0.1) is 17.3 Å². The Labute approximate surface area is 128 Å². The van der Waals surface area contributed by atoms with Gasteiger partial charge in [-0.15, -0.1) is 0 Å². The van der Waals surface area contributed by atoms with Crippen LogP contribution in [0.2, 0.25) is 0 Å². The zero-order chi connectivity index (χ0) is 14.9. The Morgan fingerprint density at radius 2 is 2.00 bits per heavy atom. The summed E-state index contributed by atoms with van der Waals surface area (Å²) in [4.78, 5) is 16.5. The highest BCUT2D eigenvalue weighted by Crippen LogP contribution is 2.45. The Hall–Kier alpha value is -0.610. The lowest BCUT2D eigenvalue weighted by Crippen LogP contribution is -2.47. The molecular weight excluding hydrogens is 264 g/mol. The summed E-state index contributed by atoms with van der Waals surface area (Å²) >= 11 is 0. The monoisotopic (exact) mass is 294 g/mol. The normalized spacial score (nSPS) is 29.8. The maximum absolute atomic E-state index is 11.8. The molecule has 4 nitrogen and oxygen atoms in total. The maximum atomic E-state index is 11.8. The van der Waals surface area contributed by atoms with Crippen molar-refractivity contribution in [3.63, 3.8) is 0 Å². The molecular formula is C17H30N2O2. The lowest BCUT2D eigenvalue weighted by Gasteiger charge is -2.44. The third kappa shape index (κ3) is 3.11. The Balaban J connectivity index is 1.59. The van der Waals surface area contributed by atoms with Gasteiger partial charge in [0.1, 0.15) is 0 Å². The number of ether oxygens (including phenoxy) is 1. The molecule has 3 fully saturated rings. The van der Waals surface area contributed by atoms with Crippen LogP contribution in [0.4, 0.5) is 0 Å². The molecule has 120 valence electrons. The first-order valence-electron chi connectivity index (χ1n) is 8.60. The van der Waals surface area contributed by atoms with Gasteiger partial charge in [0.25, 0.3) is 0 Å². The van der Waals surface area contributed by atoms with Crippen molar-refractivity contribution in [2.24, 2.45) is 17.3 Å². The molecule has 1 aliphatic carbocycles. The number of hydrogen-bond donors (Lipinski definition) is 0. The Morgan fingerprint density at radius 3 is 2.52 bits per heavy atom. The van der Waals surface area contributed by atoms with Gasteiger partial charge in [-0.2, -0.15) is 0 Å². The standard InChI is InChI=1S/C17H30N2O2/c1-14(20)19-11-16(12-21-2)17(13-19)6-8-18(9-7-17)10-15-4-3-5-15/h15-16H,3-13H2,1-2H3/t16-/m1/s1. The summed E-state index contributed by atoms with van der Waals surface area (Å²) in [5, 5.41) is 0. The van der Waals surface area contributed by atoms with Gasteiger partial charge in [0.05, 0.1) is 6.61 Å². The number of likely N-dealkylation sites (tertiary alicyclic amines) is 2. The number of carbonyl (C=O) groups is 1. The van der Waals surface area contributed by atoms with E-state index in [1.54, 1.807) is 14.0 Å². The van der Waals surface area contributed by atoms with E-state index in [1.807, 2.05) is 4.90 Å². The third-order valence-corrected chi connectivity index (χ3v) is 6.22. The molecule has 0 radical (unpaired) electrons. The second kappa shape index (κ2) is 6.25. The predicted octanol–water partition coefficient (Wildman–Crippen LogP) is 1.99. The quantitative estimate of drug-likeness (QED) is 0.795. The number of nitrogens with zero attached hydrogens (tertiary/aromatic N) is 2. The van der Waals surface area contributed by atoms with Gasteiger partial charge < -0.3 is 14.5 Å². The first kappa shape index (κ1) is 15.3. The molecule has 0 aromatic rings. The van der Waals surface area contributed by atoms with Crippen molar-refractivity contribution < 1.29 is 9.53 Å². The van der Waals surface area contributed by atoms with E-state index in [0.717, 1.165) is 25.6 Å². The second-order valence-corrected chi connectivity index (χ2v) is 7.51. The number of hydrogen-bond acceptors (Lipinski definition) is 3. The summed E-state index contributed by atoms with van der Waals surface area (Å²) in [6, 6.07) is 0. The van der Waals surface area contributed by atoms with Crippen molar-refractivity contribution in [2.75, 3.05) is 46.4 Å². The second-order valence-electron chi connectivity index (χ2n) is 7.51. The molecule has 2 aliphatic heterocycles. The first-order chi connectivity index (χ1) is 10.1. The van der Waals surface area contributed by atoms with Crippen molar-refractivity contribution >= 4 is 5.91 Å². The smallest absolute Gasteiger partial charge is 0.219 e. The van der Waals surface area contributed by atoms with E-state index >= 15 is 0 Å². The van der Waals surface area contributed by atoms with E-state index in [9.17, 15) is 4.79 Å². The van der Waals surface area contributed by atoms with Gasteiger partial charge in [-0.05, 0) is 50.1 Å². The van der Waals surface area contributed by atoms with Gasteiger partial charge in [-0.1, -0.05) is 6.42 Å². The fourth-order valence-corrected chi connectivity index (χ4v) is 4.49.